The Bertz CT molecular complexity index is 162. The molecule has 0 aromatic carbocycles. The zero-order valence-electron chi connectivity index (χ0n) is 6.40. The van der Waals surface area contributed by atoms with Gasteiger partial charge in [0.15, 0.2) is 0 Å². The molecule has 2 bridgehead atoms. The van der Waals surface area contributed by atoms with E-state index < -0.39 is 0 Å². The lowest BCUT2D eigenvalue weighted by molar-refractivity contribution is 0.253. The molecule has 1 aliphatic heterocycles. The van der Waals surface area contributed by atoms with Crippen molar-refractivity contribution in [1.29, 1.82) is 0 Å². The summed E-state index contributed by atoms with van der Waals surface area (Å²) in [7, 11) is 0. The smallest absolute Gasteiger partial charge is 0.00112 e. The Morgan fingerprint density at radius 2 is 2.40 bits per heavy atom. The van der Waals surface area contributed by atoms with E-state index in [1.807, 2.05) is 0 Å². The molecular formula is C9H15N. The van der Waals surface area contributed by atoms with Crippen molar-refractivity contribution in [3.05, 3.63) is 0 Å². The average Bonchev–Trinajstić information content (AvgIpc) is 2.48. The van der Waals surface area contributed by atoms with Gasteiger partial charge in [0, 0.05) is 6.54 Å². The maximum absolute atomic E-state index is 3.54. The summed E-state index contributed by atoms with van der Waals surface area (Å²) in [6.45, 7) is 2.67. The topological polar surface area (TPSA) is 12.0 Å². The van der Waals surface area contributed by atoms with Crippen molar-refractivity contribution in [1.82, 2.24) is 5.32 Å². The lowest BCUT2D eigenvalue weighted by Gasteiger charge is -2.26. The quantitative estimate of drug-likeness (QED) is 0.532. The highest BCUT2D eigenvalue weighted by Crippen LogP contribution is 2.58. The number of hydrogen-bond donors (Lipinski definition) is 1. The molecular weight excluding hydrogens is 122 g/mol. The van der Waals surface area contributed by atoms with Gasteiger partial charge in [0.1, 0.15) is 0 Å². The van der Waals surface area contributed by atoms with E-state index in [-0.39, 0.29) is 0 Å². The van der Waals surface area contributed by atoms with Crippen LogP contribution in [0.4, 0.5) is 0 Å². The summed E-state index contributed by atoms with van der Waals surface area (Å²) < 4.78 is 0. The standard InChI is InChI=1S/C9H15N/c1-2-9-4-7(1)3-8(9)5-10-6-9/h7-8,10H,1-6H2. The van der Waals surface area contributed by atoms with Crippen molar-refractivity contribution in [3.8, 4) is 0 Å². The van der Waals surface area contributed by atoms with Crippen molar-refractivity contribution in [2.75, 3.05) is 13.1 Å². The molecule has 0 amide bonds. The zero-order valence-corrected chi connectivity index (χ0v) is 6.40. The molecule has 0 aromatic heterocycles. The molecule has 2 saturated carbocycles. The second kappa shape index (κ2) is 1.58. The fourth-order valence-corrected chi connectivity index (χ4v) is 3.60. The normalized spacial score (nSPS) is 57.6. The zero-order chi connectivity index (χ0) is 6.60. The summed E-state index contributed by atoms with van der Waals surface area (Å²) in [6, 6.07) is 0. The SMILES string of the molecule is C1CC23CNCC2CC1C3. The molecule has 10 heavy (non-hydrogen) atoms. The molecule has 2 aliphatic carbocycles. The molecule has 0 aromatic rings. The molecule has 1 heterocycles. The van der Waals surface area contributed by atoms with Crippen LogP contribution < -0.4 is 5.32 Å². The Kier molecular flexibility index (Phi) is 0.883. The summed E-state index contributed by atoms with van der Waals surface area (Å²) in [5.74, 6) is 2.21. The first kappa shape index (κ1) is 5.59. The third-order valence-electron chi connectivity index (χ3n) is 4.10. The molecule has 1 saturated heterocycles. The summed E-state index contributed by atoms with van der Waals surface area (Å²) in [5.41, 5.74) is 0.810. The van der Waals surface area contributed by atoms with Crippen LogP contribution in [-0.4, -0.2) is 13.1 Å². The Hall–Kier alpha value is -0.0400. The highest BCUT2D eigenvalue weighted by atomic mass is 15.0. The molecule has 3 unspecified atom stereocenters. The van der Waals surface area contributed by atoms with E-state index >= 15 is 0 Å². The lowest BCUT2D eigenvalue weighted by Crippen LogP contribution is -2.23. The maximum Gasteiger partial charge on any atom is 0.00112 e. The van der Waals surface area contributed by atoms with E-state index in [2.05, 4.69) is 5.32 Å². The molecule has 1 heteroatoms. The monoisotopic (exact) mass is 137 g/mol. The Balaban J connectivity index is 1.99. The molecule has 3 atom stereocenters. The van der Waals surface area contributed by atoms with Gasteiger partial charge in [-0.1, -0.05) is 0 Å². The van der Waals surface area contributed by atoms with Crippen molar-refractivity contribution < 1.29 is 0 Å². The van der Waals surface area contributed by atoms with Crippen molar-refractivity contribution in [2.45, 2.75) is 25.7 Å². The fraction of sp³-hybridized carbons (Fsp3) is 1.00. The minimum Gasteiger partial charge on any atom is -0.316 e. The van der Waals surface area contributed by atoms with Gasteiger partial charge in [-0.25, -0.2) is 0 Å². The maximum atomic E-state index is 3.54. The van der Waals surface area contributed by atoms with Gasteiger partial charge >= 0.3 is 0 Å². The Labute approximate surface area is 62.2 Å². The number of rotatable bonds is 0. The van der Waals surface area contributed by atoms with Crippen LogP contribution in [0, 0.1) is 17.3 Å². The molecule has 1 N–H and O–H groups in total. The van der Waals surface area contributed by atoms with Crippen LogP contribution in [0.1, 0.15) is 25.7 Å². The van der Waals surface area contributed by atoms with E-state index in [1.54, 1.807) is 12.8 Å². The molecule has 3 rings (SSSR count). The first-order valence-electron chi connectivity index (χ1n) is 4.60. The van der Waals surface area contributed by atoms with Crippen LogP contribution in [0.3, 0.4) is 0 Å². The van der Waals surface area contributed by atoms with Crippen molar-refractivity contribution >= 4 is 0 Å². The van der Waals surface area contributed by atoms with Crippen molar-refractivity contribution in [3.63, 3.8) is 0 Å². The second-order valence-corrected chi connectivity index (χ2v) is 4.53. The van der Waals surface area contributed by atoms with E-state index in [1.165, 1.54) is 25.9 Å². The van der Waals surface area contributed by atoms with Crippen LogP contribution in [0.15, 0.2) is 0 Å². The predicted molar refractivity (Wildman–Crippen MR) is 40.8 cm³/mol. The van der Waals surface area contributed by atoms with E-state index in [0.717, 1.165) is 17.3 Å². The Morgan fingerprint density at radius 1 is 1.40 bits per heavy atom. The minimum absolute atomic E-state index is 0.810. The highest BCUT2D eigenvalue weighted by molar-refractivity contribution is 5.06. The summed E-state index contributed by atoms with van der Waals surface area (Å²) in [5, 5.41) is 3.54. The van der Waals surface area contributed by atoms with Gasteiger partial charge in [-0.05, 0) is 49.5 Å². The van der Waals surface area contributed by atoms with Crippen LogP contribution in [0.25, 0.3) is 0 Å². The number of nitrogens with one attached hydrogen (secondary N) is 1. The van der Waals surface area contributed by atoms with Crippen LogP contribution in [-0.2, 0) is 0 Å². The third-order valence-corrected chi connectivity index (χ3v) is 4.10. The molecule has 0 radical (unpaired) electrons. The first-order chi connectivity index (χ1) is 4.89. The van der Waals surface area contributed by atoms with Crippen molar-refractivity contribution in [2.24, 2.45) is 17.3 Å². The van der Waals surface area contributed by atoms with Crippen LogP contribution in [0.2, 0.25) is 0 Å². The summed E-state index contributed by atoms with van der Waals surface area (Å²) in [4.78, 5) is 0. The second-order valence-electron chi connectivity index (χ2n) is 4.53. The molecule has 3 fully saturated rings. The van der Waals surface area contributed by atoms with Gasteiger partial charge in [0.2, 0.25) is 0 Å². The lowest BCUT2D eigenvalue weighted by atomic mass is 9.78. The third kappa shape index (κ3) is 0.493. The molecule has 1 nitrogen and oxygen atoms in total. The van der Waals surface area contributed by atoms with E-state index in [0.29, 0.717) is 0 Å². The Morgan fingerprint density at radius 3 is 3.20 bits per heavy atom. The minimum atomic E-state index is 0.810. The van der Waals surface area contributed by atoms with Gasteiger partial charge in [-0.15, -0.1) is 0 Å². The number of hydrogen-bond acceptors (Lipinski definition) is 1. The largest absolute Gasteiger partial charge is 0.316 e. The number of fused-ring (bicyclic) bond motifs is 1. The van der Waals surface area contributed by atoms with Crippen LogP contribution >= 0.6 is 0 Å². The van der Waals surface area contributed by atoms with Gasteiger partial charge in [0.05, 0.1) is 0 Å². The van der Waals surface area contributed by atoms with Gasteiger partial charge in [0.25, 0.3) is 0 Å². The molecule has 56 valence electrons. The van der Waals surface area contributed by atoms with E-state index in [9.17, 15) is 0 Å². The summed E-state index contributed by atoms with van der Waals surface area (Å²) in [6.07, 6.45) is 6.19. The average molecular weight is 137 g/mol. The van der Waals surface area contributed by atoms with E-state index in [4.69, 9.17) is 0 Å². The van der Waals surface area contributed by atoms with Gasteiger partial charge in [-0.3, -0.25) is 0 Å². The first-order valence-corrected chi connectivity index (χ1v) is 4.60. The molecule has 1 spiro atoms. The van der Waals surface area contributed by atoms with Gasteiger partial charge < -0.3 is 5.32 Å². The van der Waals surface area contributed by atoms with Gasteiger partial charge in [-0.2, -0.15) is 0 Å². The fourth-order valence-electron chi connectivity index (χ4n) is 3.60. The predicted octanol–water partition coefficient (Wildman–Crippen LogP) is 1.40. The highest BCUT2D eigenvalue weighted by Gasteiger charge is 2.53. The summed E-state index contributed by atoms with van der Waals surface area (Å²) >= 11 is 0. The van der Waals surface area contributed by atoms with Crippen LogP contribution in [0.5, 0.6) is 0 Å². The molecule has 3 aliphatic rings.